The molecule has 0 spiro atoms. The van der Waals surface area contributed by atoms with Crippen molar-refractivity contribution in [2.75, 3.05) is 19.7 Å². The predicted molar refractivity (Wildman–Crippen MR) is 90.9 cm³/mol. The Bertz CT molecular complexity index is 609. The van der Waals surface area contributed by atoms with Gasteiger partial charge in [0, 0.05) is 31.9 Å². The number of rotatable bonds is 7. The zero-order chi connectivity index (χ0) is 16.6. The van der Waals surface area contributed by atoms with Crippen molar-refractivity contribution in [3.8, 4) is 0 Å². The summed E-state index contributed by atoms with van der Waals surface area (Å²) in [6.07, 6.45) is 6.32. The standard InChI is InChI=1S/C18H24N4O2/c23-18(9-13-22-12-4-5-14-24-22)20-17(15-21-11-6-10-19-21)16-7-2-1-3-8-16/h1-3,6-8,10-11,17H,4-5,9,12-15H2,(H,20,23). The molecular weight excluding hydrogens is 304 g/mol. The van der Waals surface area contributed by atoms with Gasteiger partial charge in [-0.25, -0.2) is 0 Å². The fourth-order valence-electron chi connectivity index (χ4n) is 2.83. The number of amides is 1. The van der Waals surface area contributed by atoms with Crippen molar-refractivity contribution in [2.24, 2.45) is 0 Å². The van der Waals surface area contributed by atoms with E-state index in [1.54, 1.807) is 6.20 Å². The van der Waals surface area contributed by atoms with Crippen molar-refractivity contribution in [3.63, 3.8) is 0 Å². The van der Waals surface area contributed by atoms with Gasteiger partial charge in [0.1, 0.15) is 0 Å². The molecule has 1 aromatic heterocycles. The van der Waals surface area contributed by atoms with Gasteiger partial charge in [-0.15, -0.1) is 0 Å². The lowest BCUT2D eigenvalue weighted by Gasteiger charge is -2.26. The molecule has 1 aliphatic heterocycles. The molecule has 1 fully saturated rings. The lowest BCUT2D eigenvalue weighted by Crippen LogP contribution is -2.36. The van der Waals surface area contributed by atoms with Gasteiger partial charge >= 0.3 is 0 Å². The van der Waals surface area contributed by atoms with E-state index in [1.165, 1.54) is 0 Å². The van der Waals surface area contributed by atoms with Gasteiger partial charge in [0.05, 0.1) is 19.2 Å². The Hall–Kier alpha value is -2.18. The lowest BCUT2D eigenvalue weighted by molar-refractivity contribution is -0.181. The van der Waals surface area contributed by atoms with Crippen LogP contribution in [0.4, 0.5) is 0 Å². The highest BCUT2D eigenvalue weighted by Crippen LogP contribution is 2.15. The molecule has 1 aromatic carbocycles. The molecule has 0 saturated carbocycles. The van der Waals surface area contributed by atoms with Gasteiger partial charge in [0.25, 0.3) is 0 Å². The molecule has 0 radical (unpaired) electrons. The van der Waals surface area contributed by atoms with E-state index in [4.69, 9.17) is 4.84 Å². The van der Waals surface area contributed by atoms with E-state index in [1.807, 2.05) is 52.3 Å². The summed E-state index contributed by atoms with van der Waals surface area (Å²) in [6, 6.07) is 11.8. The summed E-state index contributed by atoms with van der Waals surface area (Å²) in [5.74, 6) is 0.0326. The zero-order valence-electron chi connectivity index (χ0n) is 13.8. The molecular formula is C18H24N4O2. The number of hydrogen-bond acceptors (Lipinski definition) is 4. The van der Waals surface area contributed by atoms with E-state index in [0.717, 1.165) is 31.6 Å². The highest BCUT2D eigenvalue weighted by molar-refractivity contribution is 5.76. The van der Waals surface area contributed by atoms with Crippen LogP contribution in [-0.2, 0) is 16.2 Å². The molecule has 1 N–H and O–H groups in total. The highest BCUT2D eigenvalue weighted by Gasteiger charge is 2.17. The largest absolute Gasteiger partial charge is 0.347 e. The maximum atomic E-state index is 12.4. The minimum atomic E-state index is -0.0964. The summed E-state index contributed by atoms with van der Waals surface area (Å²) in [5, 5.41) is 9.27. The SMILES string of the molecule is O=C(CCN1CCCCO1)NC(Cn1cccn1)c1ccccc1. The van der Waals surface area contributed by atoms with Gasteiger partial charge in [-0.1, -0.05) is 30.3 Å². The van der Waals surface area contributed by atoms with Gasteiger partial charge in [-0.2, -0.15) is 10.2 Å². The predicted octanol–water partition coefficient (Wildman–Crippen LogP) is 2.16. The van der Waals surface area contributed by atoms with Crippen molar-refractivity contribution >= 4 is 5.91 Å². The number of nitrogens with zero attached hydrogens (tertiary/aromatic N) is 3. The second-order valence-electron chi connectivity index (χ2n) is 5.98. The van der Waals surface area contributed by atoms with Crippen LogP contribution in [0.1, 0.15) is 30.9 Å². The van der Waals surface area contributed by atoms with Crippen LogP contribution >= 0.6 is 0 Å². The normalized spacial score (nSPS) is 16.7. The fraction of sp³-hybridized carbons (Fsp3) is 0.444. The second-order valence-corrected chi connectivity index (χ2v) is 5.98. The first kappa shape index (κ1) is 16.7. The molecule has 2 aromatic rings. The van der Waals surface area contributed by atoms with Crippen molar-refractivity contribution in [1.29, 1.82) is 0 Å². The average Bonchev–Trinajstić information content (AvgIpc) is 3.14. The van der Waals surface area contributed by atoms with Gasteiger partial charge in [0.2, 0.25) is 5.91 Å². The van der Waals surface area contributed by atoms with Crippen molar-refractivity contribution in [3.05, 3.63) is 54.4 Å². The minimum Gasteiger partial charge on any atom is -0.347 e. The van der Waals surface area contributed by atoms with Crippen LogP contribution in [0.25, 0.3) is 0 Å². The Balaban J connectivity index is 1.57. The number of aromatic nitrogens is 2. The summed E-state index contributed by atoms with van der Waals surface area (Å²) >= 11 is 0. The van der Waals surface area contributed by atoms with Crippen LogP contribution in [0.15, 0.2) is 48.8 Å². The Labute approximate surface area is 142 Å². The number of benzene rings is 1. The number of hydroxylamine groups is 2. The quantitative estimate of drug-likeness (QED) is 0.846. The fourth-order valence-corrected chi connectivity index (χ4v) is 2.83. The molecule has 0 aliphatic carbocycles. The Morgan fingerprint density at radius 2 is 2.12 bits per heavy atom. The Kier molecular flexibility index (Phi) is 5.98. The average molecular weight is 328 g/mol. The summed E-state index contributed by atoms with van der Waals surface area (Å²) in [5.41, 5.74) is 1.08. The van der Waals surface area contributed by atoms with Gasteiger partial charge in [0.15, 0.2) is 0 Å². The third-order valence-corrected chi connectivity index (χ3v) is 4.13. The van der Waals surface area contributed by atoms with E-state index in [2.05, 4.69) is 10.4 Å². The van der Waals surface area contributed by atoms with Crippen LogP contribution in [0.2, 0.25) is 0 Å². The summed E-state index contributed by atoms with van der Waals surface area (Å²) in [7, 11) is 0. The van der Waals surface area contributed by atoms with E-state index in [-0.39, 0.29) is 11.9 Å². The van der Waals surface area contributed by atoms with Gasteiger partial charge in [-0.3, -0.25) is 14.3 Å². The molecule has 128 valence electrons. The summed E-state index contributed by atoms with van der Waals surface area (Å²) in [6.45, 7) is 2.91. The van der Waals surface area contributed by atoms with Crippen molar-refractivity contribution in [2.45, 2.75) is 31.8 Å². The molecule has 6 heteroatoms. The molecule has 1 amide bonds. The van der Waals surface area contributed by atoms with Crippen molar-refractivity contribution in [1.82, 2.24) is 20.2 Å². The molecule has 1 saturated heterocycles. The third-order valence-electron chi connectivity index (χ3n) is 4.13. The van der Waals surface area contributed by atoms with Crippen molar-refractivity contribution < 1.29 is 9.63 Å². The van der Waals surface area contributed by atoms with Crippen LogP contribution in [0.3, 0.4) is 0 Å². The number of carbonyl (C=O) groups is 1. The molecule has 24 heavy (non-hydrogen) atoms. The summed E-state index contributed by atoms with van der Waals surface area (Å²) < 4.78 is 1.84. The number of carbonyl (C=O) groups excluding carboxylic acids is 1. The minimum absolute atomic E-state index is 0.0326. The number of nitrogens with one attached hydrogen (secondary N) is 1. The smallest absolute Gasteiger partial charge is 0.221 e. The molecule has 2 heterocycles. The Morgan fingerprint density at radius 3 is 2.83 bits per heavy atom. The molecule has 1 unspecified atom stereocenters. The van der Waals surface area contributed by atoms with Crippen LogP contribution in [0.5, 0.6) is 0 Å². The van der Waals surface area contributed by atoms with E-state index < -0.39 is 0 Å². The van der Waals surface area contributed by atoms with Gasteiger partial charge < -0.3 is 5.32 Å². The lowest BCUT2D eigenvalue weighted by atomic mass is 10.1. The highest BCUT2D eigenvalue weighted by atomic mass is 16.7. The zero-order valence-corrected chi connectivity index (χ0v) is 13.8. The third kappa shape index (κ3) is 4.91. The second kappa shape index (κ2) is 8.61. The van der Waals surface area contributed by atoms with Crippen LogP contribution in [-0.4, -0.2) is 40.4 Å². The molecule has 6 nitrogen and oxygen atoms in total. The first-order valence-corrected chi connectivity index (χ1v) is 8.51. The molecule has 1 atom stereocenters. The summed E-state index contributed by atoms with van der Waals surface area (Å²) in [4.78, 5) is 17.9. The van der Waals surface area contributed by atoms with Gasteiger partial charge in [-0.05, 0) is 24.5 Å². The Morgan fingerprint density at radius 1 is 1.25 bits per heavy atom. The monoisotopic (exact) mass is 328 g/mol. The molecule has 3 rings (SSSR count). The van der Waals surface area contributed by atoms with Crippen LogP contribution in [0, 0.1) is 0 Å². The maximum absolute atomic E-state index is 12.4. The van der Waals surface area contributed by atoms with Crippen LogP contribution < -0.4 is 5.32 Å². The number of hydrogen-bond donors (Lipinski definition) is 1. The maximum Gasteiger partial charge on any atom is 0.221 e. The molecule has 1 aliphatic rings. The van der Waals surface area contributed by atoms with E-state index >= 15 is 0 Å². The molecule has 0 bridgehead atoms. The van der Waals surface area contributed by atoms with E-state index in [9.17, 15) is 4.79 Å². The van der Waals surface area contributed by atoms with E-state index in [0.29, 0.717) is 19.5 Å². The first-order chi connectivity index (χ1) is 11.8. The first-order valence-electron chi connectivity index (χ1n) is 8.51. The topological polar surface area (TPSA) is 59.4 Å².